The maximum atomic E-state index is 5.58. The Labute approximate surface area is 86.0 Å². The molecule has 0 bridgehead atoms. The van der Waals surface area contributed by atoms with Gasteiger partial charge in [0, 0.05) is 23.9 Å². The van der Waals surface area contributed by atoms with Crippen molar-refractivity contribution in [3.8, 4) is 0 Å². The second kappa shape index (κ2) is 5.89. The van der Waals surface area contributed by atoms with Gasteiger partial charge in [-0.05, 0) is 31.9 Å². The van der Waals surface area contributed by atoms with Crippen LogP contribution in [0.25, 0.3) is 0 Å². The van der Waals surface area contributed by atoms with Crippen LogP contribution < -0.4 is 11.1 Å². The van der Waals surface area contributed by atoms with E-state index in [-0.39, 0.29) is 0 Å². The third kappa shape index (κ3) is 3.88. The van der Waals surface area contributed by atoms with E-state index in [1.165, 1.54) is 25.0 Å². The smallest absolute Gasteiger partial charge is 0.0164 e. The first kappa shape index (κ1) is 11.3. The summed E-state index contributed by atoms with van der Waals surface area (Å²) in [6.45, 7) is 5.16. The fraction of sp³-hybridized carbons (Fsp3) is 1.00. The van der Waals surface area contributed by atoms with Crippen LogP contribution in [0.1, 0.15) is 33.1 Å². The first-order chi connectivity index (χ1) is 6.26. The minimum atomic E-state index is 0.482. The molecule has 0 aliphatic heterocycles. The van der Waals surface area contributed by atoms with Crippen LogP contribution in [0.4, 0.5) is 0 Å². The lowest BCUT2D eigenvalue weighted by atomic mass is 10.2. The van der Waals surface area contributed by atoms with Gasteiger partial charge in [-0.25, -0.2) is 0 Å². The molecule has 0 aromatic carbocycles. The Hall–Kier alpha value is 0.270. The van der Waals surface area contributed by atoms with Crippen LogP contribution in [-0.4, -0.2) is 29.6 Å². The molecule has 1 fully saturated rings. The first-order valence-corrected chi connectivity index (χ1v) is 6.38. The molecular weight excluding hydrogens is 180 g/mol. The molecule has 0 radical (unpaired) electrons. The van der Waals surface area contributed by atoms with Gasteiger partial charge in [0.2, 0.25) is 0 Å². The first-order valence-electron chi connectivity index (χ1n) is 5.34. The van der Waals surface area contributed by atoms with Crippen LogP contribution in [0, 0.1) is 0 Å². The fourth-order valence-corrected chi connectivity index (χ4v) is 3.09. The molecule has 1 aliphatic carbocycles. The predicted molar refractivity (Wildman–Crippen MR) is 61.2 cm³/mol. The number of nitrogens with two attached hydrogens (primary N) is 1. The van der Waals surface area contributed by atoms with Gasteiger partial charge in [0.1, 0.15) is 0 Å². The van der Waals surface area contributed by atoms with Crippen molar-refractivity contribution in [2.24, 2.45) is 5.73 Å². The lowest BCUT2D eigenvalue weighted by Gasteiger charge is -2.17. The Morgan fingerprint density at radius 2 is 2.31 bits per heavy atom. The van der Waals surface area contributed by atoms with Gasteiger partial charge in [-0.15, -0.1) is 0 Å². The maximum Gasteiger partial charge on any atom is 0.0164 e. The van der Waals surface area contributed by atoms with Gasteiger partial charge in [0.05, 0.1) is 0 Å². The highest BCUT2D eigenvalue weighted by molar-refractivity contribution is 7.99. The molecule has 0 spiro atoms. The van der Waals surface area contributed by atoms with Gasteiger partial charge >= 0.3 is 0 Å². The van der Waals surface area contributed by atoms with Gasteiger partial charge in [-0.1, -0.05) is 6.92 Å². The Morgan fingerprint density at radius 1 is 1.54 bits per heavy atom. The van der Waals surface area contributed by atoms with Gasteiger partial charge in [0.25, 0.3) is 0 Å². The average Bonchev–Trinajstić information content (AvgIpc) is 2.53. The highest BCUT2D eigenvalue weighted by atomic mass is 32.2. The van der Waals surface area contributed by atoms with E-state index in [1.807, 2.05) is 0 Å². The highest BCUT2D eigenvalue weighted by Gasteiger charge is 2.24. The van der Waals surface area contributed by atoms with Gasteiger partial charge in [-0.3, -0.25) is 0 Å². The second-order valence-corrected chi connectivity index (χ2v) is 5.47. The number of nitrogens with one attached hydrogen (secondary N) is 1. The van der Waals surface area contributed by atoms with Crippen molar-refractivity contribution in [3.05, 3.63) is 0 Å². The lowest BCUT2D eigenvalue weighted by molar-refractivity contribution is 0.456. The second-order valence-electron chi connectivity index (χ2n) is 3.89. The third-order valence-electron chi connectivity index (χ3n) is 2.66. The molecule has 1 saturated carbocycles. The Kier molecular flexibility index (Phi) is 5.14. The van der Waals surface area contributed by atoms with E-state index < -0.39 is 0 Å². The number of hydrogen-bond acceptors (Lipinski definition) is 3. The van der Waals surface area contributed by atoms with Crippen molar-refractivity contribution >= 4 is 11.8 Å². The molecule has 78 valence electrons. The molecule has 1 rings (SSSR count). The lowest BCUT2D eigenvalue weighted by Crippen LogP contribution is -2.39. The van der Waals surface area contributed by atoms with Crippen LogP contribution in [0.5, 0.6) is 0 Å². The quantitative estimate of drug-likeness (QED) is 0.711. The van der Waals surface area contributed by atoms with Crippen LogP contribution in [-0.2, 0) is 0 Å². The Bertz CT molecular complexity index is 141. The summed E-state index contributed by atoms with van der Waals surface area (Å²) >= 11 is 2.11. The third-order valence-corrected chi connectivity index (χ3v) is 3.89. The molecule has 0 amide bonds. The Morgan fingerprint density at radius 3 is 2.92 bits per heavy atom. The summed E-state index contributed by atoms with van der Waals surface area (Å²) in [5.41, 5.74) is 5.58. The van der Waals surface area contributed by atoms with E-state index in [1.54, 1.807) is 0 Å². The molecule has 0 aromatic rings. The van der Waals surface area contributed by atoms with Crippen LogP contribution in [0.3, 0.4) is 0 Å². The molecule has 3 atom stereocenters. The maximum absolute atomic E-state index is 5.58. The summed E-state index contributed by atoms with van der Waals surface area (Å²) in [5.74, 6) is 1.25. The zero-order chi connectivity index (χ0) is 9.68. The van der Waals surface area contributed by atoms with E-state index in [0.717, 1.165) is 17.8 Å². The van der Waals surface area contributed by atoms with Crippen molar-refractivity contribution in [3.63, 3.8) is 0 Å². The summed E-state index contributed by atoms with van der Waals surface area (Å²) in [6, 6.07) is 1.21. The molecule has 2 nitrogen and oxygen atoms in total. The Balaban J connectivity index is 2.17. The van der Waals surface area contributed by atoms with E-state index in [4.69, 9.17) is 5.73 Å². The molecule has 0 saturated heterocycles. The van der Waals surface area contributed by atoms with E-state index in [9.17, 15) is 0 Å². The predicted octanol–water partition coefficient (Wildman–Crippen LogP) is 1.60. The molecule has 13 heavy (non-hydrogen) atoms. The van der Waals surface area contributed by atoms with Crippen LogP contribution >= 0.6 is 11.8 Å². The monoisotopic (exact) mass is 202 g/mol. The van der Waals surface area contributed by atoms with Crippen molar-refractivity contribution in [2.75, 3.05) is 12.3 Å². The minimum absolute atomic E-state index is 0.482. The fourth-order valence-electron chi connectivity index (χ4n) is 1.95. The number of thioether (sulfide) groups is 1. The summed E-state index contributed by atoms with van der Waals surface area (Å²) in [7, 11) is 0. The number of rotatable bonds is 5. The zero-order valence-corrected chi connectivity index (χ0v) is 9.57. The summed E-state index contributed by atoms with van der Waals surface area (Å²) in [4.78, 5) is 0. The van der Waals surface area contributed by atoms with Gasteiger partial charge < -0.3 is 11.1 Å². The van der Waals surface area contributed by atoms with Crippen LogP contribution in [0.2, 0.25) is 0 Å². The van der Waals surface area contributed by atoms with Crippen molar-refractivity contribution in [1.82, 2.24) is 5.32 Å². The summed E-state index contributed by atoms with van der Waals surface area (Å²) in [6.07, 6.45) is 4.05. The van der Waals surface area contributed by atoms with Crippen molar-refractivity contribution in [2.45, 2.75) is 50.4 Å². The standard InChI is InChI=1S/C10H22N2S/c1-3-13-10-5-4-9(6-10)12-8(2)7-11/h8-10,12H,3-7,11H2,1-2H3. The van der Waals surface area contributed by atoms with Crippen molar-refractivity contribution < 1.29 is 0 Å². The van der Waals surface area contributed by atoms with Gasteiger partial charge in [0.15, 0.2) is 0 Å². The summed E-state index contributed by atoms with van der Waals surface area (Å²) < 4.78 is 0. The van der Waals surface area contributed by atoms with E-state index in [0.29, 0.717) is 6.04 Å². The minimum Gasteiger partial charge on any atom is -0.329 e. The van der Waals surface area contributed by atoms with E-state index in [2.05, 4.69) is 30.9 Å². The molecule has 3 heteroatoms. The molecule has 0 heterocycles. The molecule has 1 aliphatic rings. The summed E-state index contributed by atoms with van der Waals surface area (Å²) in [5, 5.41) is 4.47. The molecular formula is C10H22N2S. The van der Waals surface area contributed by atoms with Crippen LogP contribution in [0.15, 0.2) is 0 Å². The highest BCUT2D eigenvalue weighted by Crippen LogP contribution is 2.29. The average molecular weight is 202 g/mol. The zero-order valence-electron chi connectivity index (χ0n) is 8.75. The SMILES string of the molecule is CCSC1CCC(NC(C)CN)C1. The van der Waals surface area contributed by atoms with Gasteiger partial charge in [-0.2, -0.15) is 11.8 Å². The number of hydrogen-bond donors (Lipinski definition) is 2. The molecule has 3 N–H and O–H groups in total. The van der Waals surface area contributed by atoms with Crippen molar-refractivity contribution in [1.29, 1.82) is 0 Å². The molecule has 0 aromatic heterocycles. The molecule has 3 unspecified atom stereocenters. The normalized spacial score (nSPS) is 30.7. The van der Waals surface area contributed by atoms with E-state index >= 15 is 0 Å². The largest absolute Gasteiger partial charge is 0.329 e. The topological polar surface area (TPSA) is 38.0 Å².